The van der Waals surface area contributed by atoms with Crippen LogP contribution in [0.4, 0.5) is 5.69 Å². The summed E-state index contributed by atoms with van der Waals surface area (Å²) in [6, 6.07) is 10.2. The van der Waals surface area contributed by atoms with E-state index < -0.39 is 28.5 Å². The first-order chi connectivity index (χ1) is 15.9. The molecule has 1 atom stereocenters. The molecule has 0 heterocycles. The maximum atomic E-state index is 13.6. The SMILES string of the molecule is CC[C@H](C(=O)NC(C)C)N(Cc1c(Cl)cccc1Cl)C(=O)CN(c1ccccc1Cl)S(C)(=O)=O. The van der Waals surface area contributed by atoms with Crippen molar-refractivity contribution in [2.24, 2.45) is 0 Å². The van der Waals surface area contributed by atoms with Crippen LogP contribution in [0.3, 0.4) is 0 Å². The van der Waals surface area contributed by atoms with Crippen molar-refractivity contribution in [2.45, 2.75) is 45.8 Å². The number of benzene rings is 2. The van der Waals surface area contributed by atoms with Gasteiger partial charge in [0, 0.05) is 28.2 Å². The molecule has 0 aliphatic rings. The van der Waals surface area contributed by atoms with Gasteiger partial charge in [-0.15, -0.1) is 0 Å². The van der Waals surface area contributed by atoms with Crippen LogP contribution in [0.25, 0.3) is 0 Å². The number of amides is 2. The molecular weight excluding hydrogens is 521 g/mol. The minimum Gasteiger partial charge on any atom is -0.352 e. The minimum atomic E-state index is -3.88. The largest absolute Gasteiger partial charge is 0.352 e. The van der Waals surface area contributed by atoms with Gasteiger partial charge in [-0.25, -0.2) is 8.42 Å². The lowest BCUT2D eigenvalue weighted by molar-refractivity contribution is -0.140. The molecule has 34 heavy (non-hydrogen) atoms. The molecule has 2 amide bonds. The smallest absolute Gasteiger partial charge is 0.244 e. The van der Waals surface area contributed by atoms with Crippen LogP contribution in [0, 0.1) is 0 Å². The molecule has 0 aliphatic heterocycles. The fourth-order valence-electron chi connectivity index (χ4n) is 3.40. The molecule has 2 aromatic carbocycles. The lowest BCUT2D eigenvalue weighted by atomic mass is 10.1. The highest BCUT2D eigenvalue weighted by molar-refractivity contribution is 7.92. The van der Waals surface area contributed by atoms with Crippen molar-refractivity contribution in [1.29, 1.82) is 0 Å². The summed E-state index contributed by atoms with van der Waals surface area (Å²) in [5.74, 6) is -0.968. The molecule has 7 nitrogen and oxygen atoms in total. The summed E-state index contributed by atoms with van der Waals surface area (Å²) in [4.78, 5) is 27.9. The number of halogens is 3. The number of para-hydroxylation sites is 1. The average molecular weight is 549 g/mol. The van der Waals surface area contributed by atoms with Gasteiger partial charge in [0.2, 0.25) is 21.8 Å². The Hall–Kier alpha value is -2.00. The molecule has 0 spiro atoms. The zero-order chi connectivity index (χ0) is 25.6. The molecule has 0 saturated carbocycles. The van der Waals surface area contributed by atoms with Gasteiger partial charge in [0.1, 0.15) is 12.6 Å². The molecule has 2 aromatic rings. The molecule has 2 rings (SSSR count). The Morgan fingerprint density at radius 3 is 2.03 bits per heavy atom. The maximum absolute atomic E-state index is 13.6. The van der Waals surface area contributed by atoms with Gasteiger partial charge in [0.05, 0.1) is 17.0 Å². The van der Waals surface area contributed by atoms with Gasteiger partial charge in [-0.3, -0.25) is 13.9 Å². The molecule has 0 saturated heterocycles. The molecule has 0 radical (unpaired) electrons. The van der Waals surface area contributed by atoms with Crippen LogP contribution < -0.4 is 9.62 Å². The van der Waals surface area contributed by atoms with Gasteiger partial charge >= 0.3 is 0 Å². The summed E-state index contributed by atoms with van der Waals surface area (Å²) in [6.45, 7) is 4.74. The molecule has 0 aliphatic carbocycles. The quantitative estimate of drug-likeness (QED) is 0.464. The third kappa shape index (κ3) is 7.25. The highest BCUT2D eigenvalue weighted by Crippen LogP contribution is 2.29. The zero-order valence-corrected chi connectivity index (χ0v) is 22.5. The first kappa shape index (κ1) is 28.2. The number of carbonyl (C=O) groups excluding carboxylic acids is 2. The second-order valence-corrected chi connectivity index (χ2v) is 11.2. The molecular formula is C23H28Cl3N3O4S. The molecule has 0 unspecified atom stereocenters. The summed E-state index contributed by atoms with van der Waals surface area (Å²) >= 11 is 18.9. The van der Waals surface area contributed by atoms with Crippen LogP contribution in [0.2, 0.25) is 15.1 Å². The number of nitrogens with one attached hydrogen (secondary N) is 1. The van der Waals surface area contributed by atoms with Crippen molar-refractivity contribution in [3.63, 3.8) is 0 Å². The topological polar surface area (TPSA) is 86.8 Å². The van der Waals surface area contributed by atoms with Crippen molar-refractivity contribution < 1.29 is 18.0 Å². The van der Waals surface area contributed by atoms with Gasteiger partial charge in [-0.05, 0) is 44.5 Å². The lowest BCUT2D eigenvalue weighted by Gasteiger charge is -2.33. The summed E-state index contributed by atoms with van der Waals surface area (Å²) in [5, 5.41) is 3.65. The van der Waals surface area contributed by atoms with E-state index in [1.54, 1.807) is 37.3 Å². The lowest BCUT2D eigenvalue weighted by Crippen LogP contribution is -2.53. The second-order valence-electron chi connectivity index (χ2n) is 8.03. The molecule has 11 heteroatoms. The number of sulfonamides is 1. The van der Waals surface area contributed by atoms with Gasteiger partial charge in [-0.1, -0.05) is 59.9 Å². The fraction of sp³-hybridized carbons (Fsp3) is 0.391. The van der Waals surface area contributed by atoms with Crippen molar-refractivity contribution in [3.05, 3.63) is 63.1 Å². The first-order valence-electron chi connectivity index (χ1n) is 10.6. The van der Waals surface area contributed by atoms with Crippen LogP contribution in [0.5, 0.6) is 0 Å². The van der Waals surface area contributed by atoms with Crippen molar-refractivity contribution in [1.82, 2.24) is 10.2 Å². The Labute approximate surface area is 216 Å². The number of carbonyl (C=O) groups is 2. The van der Waals surface area contributed by atoms with Gasteiger partial charge in [0.15, 0.2) is 0 Å². The monoisotopic (exact) mass is 547 g/mol. The van der Waals surface area contributed by atoms with Gasteiger partial charge < -0.3 is 10.2 Å². The number of hydrogen-bond acceptors (Lipinski definition) is 4. The Balaban J connectivity index is 2.52. The predicted molar refractivity (Wildman–Crippen MR) is 138 cm³/mol. The van der Waals surface area contributed by atoms with Crippen LogP contribution in [0.1, 0.15) is 32.8 Å². The Kier molecular flexibility index (Phi) is 10.1. The van der Waals surface area contributed by atoms with Gasteiger partial charge in [-0.2, -0.15) is 0 Å². The van der Waals surface area contributed by atoms with E-state index in [2.05, 4.69) is 5.32 Å². The Morgan fingerprint density at radius 1 is 0.971 bits per heavy atom. The minimum absolute atomic E-state index is 0.0819. The summed E-state index contributed by atoms with van der Waals surface area (Å²) in [6.07, 6.45) is 1.28. The molecule has 0 fully saturated rings. The summed E-state index contributed by atoms with van der Waals surface area (Å²) in [7, 11) is -3.88. The highest BCUT2D eigenvalue weighted by atomic mass is 35.5. The fourth-order valence-corrected chi connectivity index (χ4v) is 5.07. The third-order valence-corrected chi connectivity index (χ3v) is 7.16. The Bertz CT molecular complexity index is 1120. The van der Waals surface area contributed by atoms with E-state index >= 15 is 0 Å². The van der Waals surface area contributed by atoms with Crippen LogP contribution in [-0.4, -0.2) is 50.0 Å². The molecule has 186 valence electrons. The zero-order valence-electron chi connectivity index (χ0n) is 19.4. The van der Waals surface area contributed by atoms with E-state index in [0.29, 0.717) is 15.6 Å². The van der Waals surface area contributed by atoms with Crippen LogP contribution in [-0.2, 0) is 26.2 Å². The van der Waals surface area contributed by atoms with Crippen LogP contribution >= 0.6 is 34.8 Å². The molecule has 1 N–H and O–H groups in total. The maximum Gasteiger partial charge on any atom is 0.244 e. The number of rotatable bonds is 10. The molecule has 0 aromatic heterocycles. The summed E-state index contributed by atoms with van der Waals surface area (Å²) in [5.41, 5.74) is 0.619. The average Bonchev–Trinajstić information content (AvgIpc) is 2.73. The molecule has 0 bridgehead atoms. The van der Waals surface area contributed by atoms with Crippen molar-refractivity contribution >= 4 is 62.3 Å². The Morgan fingerprint density at radius 2 is 1.53 bits per heavy atom. The van der Waals surface area contributed by atoms with E-state index in [0.717, 1.165) is 10.6 Å². The number of anilines is 1. The van der Waals surface area contributed by atoms with Gasteiger partial charge in [0.25, 0.3) is 0 Å². The highest BCUT2D eigenvalue weighted by Gasteiger charge is 2.33. The van der Waals surface area contributed by atoms with E-state index in [1.165, 1.54) is 17.0 Å². The van der Waals surface area contributed by atoms with E-state index in [9.17, 15) is 18.0 Å². The van der Waals surface area contributed by atoms with E-state index in [-0.39, 0.29) is 35.6 Å². The van der Waals surface area contributed by atoms with Crippen molar-refractivity contribution in [3.8, 4) is 0 Å². The standard InChI is InChI=1S/C23H28Cl3N3O4S/c1-5-20(23(31)27-15(2)3)28(13-16-17(24)10-8-11-18(16)25)22(30)14-29(34(4,32)33)21-12-7-6-9-19(21)26/h6-12,15,20H,5,13-14H2,1-4H3,(H,27,31)/t20-/m1/s1. The van der Waals surface area contributed by atoms with E-state index in [1.807, 2.05) is 13.8 Å². The van der Waals surface area contributed by atoms with Crippen molar-refractivity contribution in [2.75, 3.05) is 17.1 Å². The second kappa shape index (κ2) is 12.1. The number of nitrogens with zero attached hydrogens (tertiary/aromatic N) is 2. The first-order valence-corrected chi connectivity index (χ1v) is 13.6. The third-order valence-electron chi connectivity index (χ3n) is 5.01. The van der Waals surface area contributed by atoms with Crippen LogP contribution in [0.15, 0.2) is 42.5 Å². The summed E-state index contributed by atoms with van der Waals surface area (Å²) < 4.78 is 26.1. The predicted octanol–water partition coefficient (Wildman–Crippen LogP) is 4.74. The number of hydrogen-bond donors (Lipinski definition) is 1. The van der Waals surface area contributed by atoms with E-state index in [4.69, 9.17) is 34.8 Å². The normalized spacial score (nSPS) is 12.4.